The van der Waals surface area contributed by atoms with Crippen LogP contribution in [0, 0.1) is 5.82 Å². The molecule has 0 amide bonds. The second-order valence-electron chi connectivity index (χ2n) is 3.35. The first-order valence-corrected chi connectivity index (χ1v) is 4.44. The molecule has 0 bridgehead atoms. The summed E-state index contributed by atoms with van der Waals surface area (Å²) in [5.41, 5.74) is -0.273. The molecule has 1 fully saturated rings. The minimum absolute atomic E-state index is 0.0797. The molecule has 1 aliphatic carbocycles. The molecule has 1 N–H and O–H groups in total. The fourth-order valence-corrected chi connectivity index (χ4v) is 1.50. The Morgan fingerprint density at radius 3 is 2.71 bits per heavy atom. The van der Waals surface area contributed by atoms with E-state index in [4.69, 9.17) is 5.11 Å². The maximum Gasteiger partial charge on any atom is 0.357 e. The van der Waals surface area contributed by atoms with Crippen LogP contribution in [0.25, 0.3) is 0 Å². The van der Waals surface area contributed by atoms with Crippen LogP contribution in [-0.4, -0.2) is 21.0 Å². The topological polar surface area (TPSA) is 63.1 Å². The van der Waals surface area contributed by atoms with Gasteiger partial charge in [0.25, 0.3) is 0 Å². The number of carbonyl (C=O) groups is 1. The zero-order valence-electron chi connectivity index (χ0n) is 7.40. The normalized spacial score (nSPS) is 16.4. The van der Waals surface area contributed by atoms with E-state index in [2.05, 4.69) is 9.97 Å². The molecule has 74 valence electrons. The molecule has 5 heteroatoms. The SMILES string of the molecule is O=C(O)c1ncnc(C2CCC2)c1F. The van der Waals surface area contributed by atoms with E-state index >= 15 is 0 Å². The molecular formula is C9H9FN2O2. The average molecular weight is 196 g/mol. The van der Waals surface area contributed by atoms with Crippen molar-refractivity contribution in [2.75, 3.05) is 0 Å². The van der Waals surface area contributed by atoms with Crippen molar-refractivity contribution in [3.63, 3.8) is 0 Å². The summed E-state index contributed by atoms with van der Waals surface area (Å²) in [6.07, 6.45) is 3.93. The molecule has 0 spiro atoms. The molecule has 14 heavy (non-hydrogen) atoms. The van der Waals surface area contributed by atoms with Crippen LogP contribution < -0.4 is 0 Å². The maximum absolute atomic E-state index is 13.5. The molecule has 0 unspecified atom stereocenters. The molecule has 0 saturated heterocycles. The van der Waals surface area contributed by atoms with Crippen molar-refractivity contribution in [3.05, 3.63) is 23.5 Å². The summed E-state index contributed by atoms with van der Waals surface area (Å²) in [4.78, 5) is 17.8. The predicted molar refractivity (Wildman–Crippen MR) is 45.5 cm³/mol. The van der Waals surface area contributed by atoms with Gasteiger partial charge in [0, 0.05) is 5.92 Å². The van der Waals surface area contributed by atoms with E-state index in [0.717, 1.165) is 25.6 Å². The fourth-order valence-electron chi connectivity index (χ4n) is 1.50. The Balaban J connectivity index is 2.40. The number of nitrogens with zero attached hydrogens (tertiary/aromatic N) is 2. The van der Waals surface area contributed by atoms with Crippen LogP contribution in [0.15, 0.2) is 6.33 Å². The molecule has 1 heterocycles. The number of hydrogen-bond donors (Lipinski definition) is 1. The summed E-state index contributed by atoms with van der Waals surface area (Å²) >= 11 is 0. The summed E-state index contributed by atoms with van der Waals surface area (Å²) < 4.78 is 13.5. The van der Waals surface area contributed by atoms with Crippen molar-refractivity contribution in [3.8, 4) is 0 Å². The van der Waals surface area contributed by atoms with Gasteiger partial charge in [-0.1, -0.05) is 6.42 Å². The van der Waals surface area contributed by atoms with E-state index in [1.807, 2.05) is 0 Å². The third kappa shape index (κ3) is 1.34. The van der Waals surface area contributed by atoms with E-state index < -0.39 is 17.5 Å². The van der Waals surface area contributed by atoms with E-state index in [1.165, 1.54) is 0 Å². The number of halogens is 1. The van der Waals surface area contributed by atoms with E-state index in [0.29, 0.717) is 0 Å². The Morgan fingerprint density at radius 2 is 2.21 bits per heavy atom. The molecule has 1 aromatic rings. The number of aromatic carboxylic acids is 1. The summed E-state index contributed by atoms with van der Waals surface area (Å²) in [5, 5.41) is 8.63. The van der Waals surface area contributed by atoms with E-state index in [9.17, 15) is 9.18 Å². The molecule has 1 aliphatic rings. The largest absolute Gasteiger partial charge is 0.476 e. The van der Waals surface area contributed by atoms with Crippen LogP contribution in [0.2, 0.25) is 0 Å². The standard InChI is InChI=1S/C9H9FN2O2/c10-6-7(5-2-1-3-5)11-4-12-8(6)9(13)14/h4-5H,1-3H2,(H,13,14). The molecular weight excluding hydrogens is 187 g/mol. The molecule has 0 atom stereocenters. The van der Waals surface area contributed by atoms with Gasteiger partial charge in [0.15, 0.2) is 11.5 Å². The molecule has 4 nitrogen and oxygen atoms in total. The number of hydrogen-bond acceptors (Lipinski definition) is 3. The van der Waals surface area contributed by atoms with E-state index in [-0.39, 0.29) is 11.6 Å². The highest BCUT2D eigenvalue weighted by Gasteiger charge is 2.27. The highest BCUT2D eigenvalue weighted by atomic mass is 19.1. The molecule has 0 aliphatic heterocycles. The van der Waals surface area contributed by atoms with Crippen LogP contribution in [0.1, 0.15) is 41.4 Å². The molecule has 1 aromatic heterocycles. The van der Waals surface area contributed by atoms with Crippen molar-refractivity contribution in [1.82, 2.24) is 9.97 Å². The highest BCUT2D eigenvalue weighted by Crippen LogP contribution is 2.36. The zero-order valence-corrected chi connectivity index (χ0v) is 7.40. The highest BCUT2D eigenvalue weighted by molar-refractivity contribution is 5.85. The predicted octanol–water partition coefficient (Wildman–Crippen LogP) is 1.58. The van der Waals surface area contributed by atoms with Crippen molar-refractivity contribution in [1.29, 1.82) is 0 Å². The third-order valence-corrected chi connectivity index (χ3v) is 2.51. The van der Waals surface area contributed by atoms with Gasteiger partial charge in [-0.25, -0.2) is 19.2 Å². The van der Waals surface area contributed by atoms with Gasteiger partial charge >= 0.3 is 5.97 Å². The van der Waals surface area contributed by atoms with Gasteiger partial charge < -0.3 is 5.11 Å². The number of carboxylic acids is 1. The second-order valence-corrected chi connectivity index (χ2v) is 3.35. The van der Waals surface area contributed by atoms with Gasteiger partial charge in [0.1, 0.15) is 6.33 Å². The Labute approximate surface area is 79.8 Å². The second kappa shape index (κ2) is 3.32. The monoisotopic (exact) mass is 196 g/mol. The lowest BCUT2D eigenvalue weighted by atomic mass is 9.82. The smallest absolute Gasteiger partial charge is 0.357 e. The van der Waals surface area contributed by atoms with Gasteiger partial charge in [-0.2, -0.15) is 0 Å². The zero-order chi connectivity index (χ0) is 10.1. The van der Waals surface area contributed by atoms with Gasteiger partial charge in [-0.15, -0.1) is 0 Å². The number of carboxylic acid groups (broad SMARTS) is 1. The Hall–Kier alpha value is -1.52. The summed E-state index contributed by atoms with van der Waals surface area (Å²) in [6.45, 7) is 0. The fraction of sp³-hybridized carbons (Fsp3) is 0.444. The maximum atomic E-state index is 13.5. The van der Waals surface area contributed by atoms with Crippen molar-refractivity contribution < 1.29 is 14.3 Å². The first-order valence-electron chi connectivity index (χ1n) is 4.44. The lowest BCUT2D eigenvalue weighted by molar-refractivity contribution is 0.0684. The summed E-state index contributed by atoms with van der Waals surface area (Å²) in [6, 6.07) is 0. The summed E-state index contributed by atoms with van der Waals surface area (Å²) in [7, 11) is 0. The van der Waals surface area contributed by atoms with Gasteiger partial charge in [0.05, 0.1) is 5.69 Å². The van der Waals surface area contributed by atoms with Crippen molar-refractivity contribution in [2.45, 2.75) is 25.2 Å². The van der Waals surface area contributed by atoms with Gasteiger partial charge in [0.2, 0.25) is 0 Å². The molecule has 0 radical (unpaired) electrons. The Kier molecular flexibility index (Phi) is 2.15. The first-order chi connectivity index (χ1) is 6.70. The summed E-state index contributed by atoms with van der Waals surface area (Å²) in [5.74, 6) is -2.04. The quantitative estimate of drug-likeness (QED) is 0.779. The van der Waals surface area contributed by atoms with Gasteiger partial charge in [-0.05, 0) is 12.8 Å². The minimum Gasteiger partial charge on any atom is -0.476 e. The first kappa shape index (κ1) is 9.05. The van der Waals surface area contributed by atoms with Crippen LogP contribution in [-0.2, 0) is 0 Å². The third-order valence-electron chi connectivity index (χ3n) is 2.51. The number of rotatable bonds is 2. The lowest BCUT2D eigenvalue weighted by Gasteiger charge is -2.24. The van der Waals surface area contributed by atoms with Crippen LogP contribution in [0.5, 0.6) is 0 Å². The van der Waals surface area contributed by atoms with Crippen LogP contribution >= 0.6 is 0 Å². The Morgan fingerprint density at radius 1 is 1.50 bits per heavy atom. The van der Waals surface area contributed by atoms with Crippen molar-refractivity contribution >= 4 is 5.97 Å². The van der Waals surface area contributed by atoms with Crippen LogP contribution in [0.4, 0.5) is 4.39 Å². The molecule has 2 rings (SSSR count). The van der Waals surface area contributed by atoms with Crippen molar-refractivity contribution in [2.24, 2.45) is 0 Å². The number of aromatic nitrogens is 2. The lowest BCUT2D eigenvalue weighted by Crippen LogP contribution is -2.16. The van der Waals surface area contributed by atoms with Gasteiger partial charge in [-0.3, -0.25) is 0 Å². The van der Waals surface area contributed by atoms with Crippen LogP contribution in [0.3, 0.4) is 0 Å². The Bertz CT molecular complexity index is 377. The average Bonchev–Trinajstić information content (AvgIpc) is 2.04. The minimum atomic E-state index is -1.34. The molecule has 0 aromatic carbocycles. The van der Waals surface area contributed by atoms with E-state index in [1.54, 1.807) is 0 Å². The molecule has 1 saturated carbocycles.